The Morgan fingerprint density at radius 3 is 2.88 bits per heavy atom. The van der Waals surface area contributed by atoms with E-state index in [0.717, 1.165) is 19.3 Å². The van der Waals surface area contributed by atoms with Gasteiger partial charge < -0.3 is 14.2 Å². The van der Waals surface area contributed by atoms with Crippen molar-refractivity contribution in [3.63, 3.8) is 0 Å². The van der Waals surface area contributed by atoms with Crippen LogP contribution in [0.5, 0.6) is 0 Å². The first-order chi connectivity index (χ1) is 7.70. The Labute approximate surface area is 95.6 Å². The van der Waals surface area contributed by atoms with Gasteiger partial charge >= 0.3 is 5.97 Å². The van der Waals surface area contributed by atoms with Crippen LogP contribution in [-0.4, -0.2) is 31.4 Å². The normalized spacial score (nSPS) is 31.4. The van der Waals surface area contributed by atoms with Crippen molar-refractivity contribution in [3.8, 4) is 0 Å². The fourth-order valence-electron chi connectivity index (χ4n) is 2.13. The van der Waals surface area contributed by atoms with E-state index in [-0.39, 0.29) is 5.76 Å². The Balaban J connectivity index is 1.66. The molecule has 16 heavy (non-hydrogen) atoms. The first kappa shape index (κ1) is 11.5. The summed E-state index contributed by atoms with van der Waals surface area (Å²) in [4.78, 5) is 11.2. The minimum absolute atomic E-state index is 0.112. The van der Waals surface area contributed by atoms with E-state index in [2.05, 4.69) is 6.58 Å². The molecule has 3 unspecified atom stereocenters. The van der Waals surface area contributed by atoms with Gasteiger partial charge in [0.1, 0.15) is 0 Å². The van der Waals surface area contributed by atoms with Crippen LogP contribution in [0.4, 0.5) is 0 Å². The molecule has 1 aliphatic heterocycles. The van der Waals surface area contributed by atoms with Crippen LogP contribution in [0.1, 0.15) is 26.2 Å². The second-order valence-electron chi connectivity index (χ2n) is 4.35. The Hall–Kier alpha value is -1.03. The van der Waals surface area contributed by atoms with Gasteiger partial charge in [0.25, 0.3) is 0 Å². The fraction of sp³-hybridized carbons (Fsp3) is 0.750. The van der Waals surface area contributed by atoms with Crippen molar-refractivity contribution in [3.05, 3.63) is 12.3 Å². The molecule has 0 aromatic heterocycles. The number of rotatable bonds is 5. The van der Waals surface area contributed by atoms with Gasteiger partial charge in [-0.1, -0.05) is 0 Å². The Bertz CT molecular complexity index is 287. The maximum Gasteiger partial charge on any atom is 0.372 e. The second kappa shape index (κ2) is 4.87. The van der Waals surface area contributed by atoms with E-state index in [1.165, 1.54) is 0 Å². The van der Waals surface area contributed by atoms with Crippen molar-refractivity contribution in [2.24, 2.45) is 5.92 Å². The van der Waals surface area contributed by atoms with Gasteiger partial charge in [0.2, 0.25) is 0 Å². The third-order valence-corrected chi connectivity index (χ3v) is 3.11. The van der Waals surface area contributed by atoms with Gasteiger partial charge in [-0.05, 0) is 38.7 Å². The van der Waals surface area contributed by atoms with Crippen molar-refractivity contribution in [2.45, 2.75) is 38.4 Å². The smallest absolute Gasteiger partial charge is 0.372 e. The highest BCUT2D eigenvalue weighted by atomic mass is 16.6. The third kappa shape index (κ3) is 2.76. The predicted octanol–water partition coefficient (Wildman–Crippen LogP) is 1.65. The highest BCUT2D eigenvalue weighted by Crippen LogP contribution is 2.39. The van der Waals surface area contributed by atoms with Crippen LogP contribution in [0, 0.1) is 5.92 Å². The minimum Gasteiger partial charge on any atom is -0.487 e. The first-order valence-electron chi connectivity index (χ1n) is 5.85. The van der Waals surface area contributed by atoms with Gasteiger partial charge in [-0.3, -0.25) is 0 Å². The molecule has 3 atom stereocenters. The number of esters is 1. The summed E-state index contributed by atoms with van der Waals surface area (Å²) in [5, 5.41) is 0. The molecule has 4 heteroatoms. The lowest BCUT2D eigenvalue weighted by Crippen LogP contribution is -2.20. The van der Waals surface area contributed by atoms with Crippen molar-refractivity contribution < 1.29 is 19.0 Å². The Kier molecular flexibility index (Phi) is 3.49. The molecule has 2 fully saturated rings. The molecule has 0 radical (unpaired) electrons. The highest BCUT2D eigenvalue weighted by molar-refractivity contribution is 5.85. The summed E-state index contributed by atoms with van der Waals surface area (Å²) in [6.07, 6.45) is 4.21. The second-order valence-corrected chi connectivity index (χ2v) is 4.35. The number of carbonyl (C=O) groups is 1. The molecule has 2 rings (SSSR count). The summed E-state index contributed by atoms with van der Waals surface area (Å²) in [7, 11) is 0. The molecule has 1 saturated heterocycles. The summed E-state index contributed by atoms with van der Waals surface area (Å²) in [5.74, 6) is 0.134. The van der Waals surface area contributed by atoms with Gasteiger partial charge in [0.05, 0.1) is 25.4 Å². The molecule has 1 aliphatic carbocycles. The number of fused-ring (bicyclic) bond motifs is 1. The van der Waals surface area contributed by atoms with E-state index in [0.29, 0.717) is 31.3 Å². The maximum atomic E-state index is 11.2. The molecule has 1 saturated carbocycles. The molecule has 0 N–H and O–H groups in total. The summed E-state index contributed by atoms with van der Waals surface area (Å²) >= 11 is 0. The maximum absolute atomic E-state index is 11.2. The van der Waals surface area contributed by atoms with Crippen molar-refractivity contribution in [1.82, 2.24) is 0 Å². The number of hydrogen-bond acceptors (Lipinski definition) is 4. The molecule has 1 heterocycles. The van der Waals surface area contributed by atoms with Crippen molar-refractivity contribution in [1.29, 1.82) is 0 Å². The van der Waals surface area contributed by atoms with E-state index in [9.17, 15) is 4.79 Å². The molecular weight excluding hydrogens is 208 g/mol. The van der Waals surface area contributed by atoms with Gasteiger partial charge in [-0.2, -0.15) is 0 Å². The van der Waals surface area contributed by atoms with Crippen LogP contribution in [-0.2, 0) is 19.0 Å². The van der Waals surface area contributed by atoms with Gasteiger partial charge in [-0.25, -0.2) is 4.79 Å². The summed E-state index contributed by atoms with van der Waals surface area (Å²) < 4.78 is 15.6. The summed E-state index contributed by atoms with van der Waals surface area (Å²) in [5.41, 5.74) is 0. The minimum atomic E-state index is -0.459. The van der Waals surface area contributed by atoms with Gasteiger partial charge in [0.15, 0.2) is 5.76 Å². The average Bonchev–Trinajstić information content (AvgIpc) is 3.04. The largest absolute Gasteiger partial charge is 0.487 e. The molecule has 0 amide bonds. The van der Waals surface area contributed by atoms with E-state index in [1.807, 2.05) is 0 Å². The van der Waals surface area contributed by atoms with Crippen LogP contribution in [0.25, 0.3) is 0 Å². The standard InChI is InChI=1S/C12H18O4/c1-3-14-12(13)8(2)15-7-9-4-5-10-11(6-9)16-10/h9-11H,2-7H2,1H3. The zero-order valence-corrected chi connectivity index (χ0v) is 9.61. The monoisotopic (exact) mass is 226 g/mol. The molecular formula is C12H18O4. The summed E-state index contributed by atoms with van der Waals surface area (Å²) in [6, 6.07) is 0. The topological polar surface area (TPSA) is 48.1 Å². The van der Waals surface area contributed by atoms with E-state index in [4.69, 9.17) is 14.2 Å². The predicted molar refractivity (Wildman–Crippen MR) is 57.7 cm³/mol. The molecule has 2 aliphatic rings. The number of hydrogen-bond donors (Lipinski definition) is 0. The number of carbonyl (C=O) groups excluding carboxylic acids is 1. The SMILES string of the molecule is C=C(OCC1CCC2OC2C1)C(=O)OCC. The number of epoxide rings is 1. The van der Waals surface area contributed by atoms with Gasteiger partial charge in [-0.15, -0.1) is 0 Å². The van der Waals surface area contributed by atoms with Crippen LogP contribution in [0.15, 0.2) is 12.3 Å². The molecule has 90 valence electrons. The van der Waals surface area contributed by atoms with E-state index < -0.39 is 5.97 Å². The highest BCUT2D eigenvalue weighted by Gasteiger charge is 2.43. The Morgan fingerprint density at radius 1 is 1.38 bits per heavy atom. The quantitative estimate of drug-likeness (QED) is 0.309. The van der Waals surface area contributed by atoms with Crippen LogP contribution in [0.3, 0.4) is 0 Å². The lowest BCUT2D eigenvalue weighted by atomic mass is 9.90. The van der Waals surface area contributed by atoms with Crippen LogP contribution in [0.2, 0.25) is 0 Å². The zero-order chi connectivity index (χ0) is 11.5. The first-order valence-corrected chi connectivity index (χ1v) is 5.85. The van der Waals surface area contributed by atoms with E-state index >= 15 is 0 Å². The van der Waals surface area contributed by atoms with Crippen molar-refractivity contribution in [2.75, 3.05) is 13.2 Å². The van der Waals surface area contributed by atoms with E-state index in [1.54, 1.807) is 6.92 Å². The molecule has 0 aromatic rings. The summed E-state index contributed by atoms with van der Waals surface area (Å²) in [6.45, 7) is 6.22. The van der Waals surface area contributed by atoms with Crippen molar-refractivity contribution >= 4 is 5.97 Å². The molecule has 0 spiro atoms. The molecule has 0 bridgehead atoms. The molecule has 0 aromatic carbocycles. The Morgan fingerprint density at radius 2 is 2.19 bits per heavy atom. The van der Waals surface area contributed by atoms with Crippen LogP contribution < -0.4 is 0 Å². The average molecular weight is 226 g/mol. The fourth-order valence-corrected chi connectivity index (χ4v) is 2.13. The third-order valence-electron chi connectivity index (χ3n) is 3.11. The lowest BCUT2D eigenvalue weighted by Gasteiger charge is -2.19. The molecule has 4 nitrogen and oxygen atoms in total. The number of ether oxygens (including phenoxy) is 3. The van der Waals surface area contributed by atoms with Gasteiger partial charge in [0, 0.05) is 0 Å². The zero-order valence-electron chi connectivity index (χ0n) is 9.61. The lowest BCUT2D eigenvalue weighted by molar-refractivity contribution is -0.142. The van der Waals surface area contributed by atoms with Crippen LogP contribution >= 0.6 is 0 Å².